The van der Waals surface area contributed by atoms with Gasteiger partial charge in [0.1, 0.15) is 0 Å². The Morgan fingerprint density at radius 2 is 2.14 bits per heavy atom. The fraction of sp³-hybridized carbons (Fsp3) is 0.444. The zero-order valence-electron chi connectivity index (χ0n) is 16.2. The van der Waals surface area contributed by atoms with Crippen molar-refractivity contribution in [2.75, 3.05) is 13.2 Å². The van der Waals surface area contributed by atoms with Crippen molar-refractivity contribution in [1.29, 1.82) is 0 Å². The third kappa shape index (κ3) is 6.96. The number of amides is 3. The molecule has 11 nitrogen and oxygen atoms in total. The van der Waals surface area contributed by atoms with E-state index < -0.39 is 5.92 Å². The minimum absolute atomic E-state index is 0.0824. The molecule has 1 heterocycles. The predicted octanol–water partition coefficient (Wildman–Crippen LogP) is 0.714. The number of nitrogens with zero attached hydrogens (tertiary/aromatic N) is 4. The fourth-order valence-electron chi connectivity index (χ4n) is 2.76. The van der Waals surface area contributed by atoms with Crippen LogP contribution in [0.2, 0.25) is 0 Å². The van der Waals surface area contributed by atoms with Crippen LogP contribution in [0.25, 0.3) is 11.4 Å². The van der Waals surface area contributed by atoms with E-state index in [1.54, 1.807) is 24.3 Å². The third-order valence-corrected chi connectivity index (χ3v) is 4.30. The lowest BCUT2D eigenvalue weighted by Gasteiger charge is -2.19. The van der Waals surface area contributed by atoms with Gasteiger partial charge in [0.05, 0.1) is 19.1 Å². The topological polar surface area (TPSA) is 153 Å². The smallest absolute Gasteiger partial charge is 0.252 e. The number of H-pyrrole nitrogens is 1. The second kappa shape index (κ2) is 11.5. The van der Waals surface area contributed by atoms with Crippen molar-refractivity contribution in [3.8, 4) is 11.4 Å². The molecule has 2 rings (SSSR count). The largest absolute Gasteiger partial charge is 0.338 e. The molecule has 0 aliphatic carbocycles. The average Bonchev–Trinajstić information content (AvgIpc) is 3.28. The molecule has 156 valence electrons. The molecule has 0 saturated carbocycles. The number of aromatic nitrogens is 4. The molecule has 3 amide bonds. The number of carbonyl (C=O) groups is 3. The number of tetrazole rings is 1. The van der Waals surface area contributed by atoms with Gasteiger partial charge in [0.2, 0.25) is 18.1 Å². The number of unbranched alkanes of at least 4 members (excludes halogenated alkanes) is 2. The Morgan fingerprint density at radius 1 is 1.31 bits per heavy atom. The molecule has 0 spiro atoms. The molecule has 0 bridgehead atoms. The van der Waals surface area contributed by atoms with Crippen LogP contribution in [0.5, 0.6) is 0 Å². The van der Waals surface area contributed by atoms with Crippen LogP contribution >= 0.6 is 0 Å². The summed E-state index contributed by atoms with van der Waals surface area (Å²) in [5.74, 6) is -0.917. The molecule has 0 radical (unpaired) electrons. The van der Waals surface area contributed by atoms with Crippen molar-refractivity contribution in [3.63, 3.8) is 0 Å². The lowest BCUT2D eigenvalue weighted by molar-refractivity contribution is -0.154. The molecule has 29 heavy (non-hydrogen) atoms. The third-order valence-electron chi connectivity index (χ3n) is 4.30. The number of hydroxylamine groups is 2. The zero-order valence-corrected chi connectivity index (χ0v) is 16.2. The molecule has 4 N–H and O–H groups in total. The SMILES string of the molecule is CCCCC[C@H](CN(O)C=O)C(=O)NCNC(=O)c1cccc(-c2nn[nH]n2)c1. The normalized spacial score (nSPS) is 11.5. The van der Waals surface area contributed by atoms with E-state index in [2.05, 4.69) is 31.3 Å². The highest BCUT2D eigenvalue weighted by Crippen LogP contribution is 2.15. The summed E-state index contributed by atoms with van der Waals surface area (Å²) >= 11 is 0. The number of carbonyl (C=O) groups excluding carboxylic acids is 3. The van der Waals surface area contributed by atoms with E-state index in [1.807, 2.05) is 6.92 Å². The maximum absolute atomic E-state index is 12.4. The zero-order chi connectivity index (χ0) is 21.1. The van der Waals surface area contributed by atoms with Gasteiger partial charge in [-0.15, -0.1) is 10.2 Å². The Morgan fingerprint density at radius 3 is 2.83 bits per heavy atom. The summed E-state index contributed by atoms with van der Waals surface area (Å²) in [6.45, 7) is 1.86. The first-order chi connectivity index (χ1) is 14.0. The number of benzene rings is 1. The van der Waals surface area contributed by atoms with Crippen LogP contribution < -0.4 is 10.6 Å². The van der Waals surface area contributed by atoms with Crippen molar-refractivity contribution < 1.29 is 19.6 Å². The molecular formula is C18H25N7O4. The van der Waals surface area contributed by atoms with Gasteiger partial charge in [-0.3, -0.25) is 19.6 Å². The van der Waals surface area contributed by atoms with E-state index in [-0.39, 0.29) is 31.4 Å². The van der Waals surface area contributed by atoms with Gasteiger partial charge in [0, 0.05) is 11.1 Å². The molecule has 1 aromatic heterocycles. The predicted molar refractivity (Wildman–Crippen MR) is 102 cm³/mol. The van der Waals surface area contributed by atoms with E-state index in [0.29, 0.717) is 28.4 Å². The first-order valence-corrected chi connectivity index (χ1v) is 9.35. The minimum Gasteiger partial charge on any atom is -0.338 e. The lowest BCUT2D eigenvalue weighted by Crippen LogP contribution is -2.43. The molecule has 1 atom stereocenters. The highest BCUT2D eigenvalue weighted by molar-refractivity contribution is 5.95. The van der Waals surface area contributed by atoms with E-state index in [0.717, 1.165) is 19.3 Å². The van der Waals surface area contributed by atoms with Crippen molar-refractivity contribution in [2.45, 2.75) is 32.6 Å². The quantitative estimate of drug-likeness (QED) is 0.134. The van der Waals surface area contributed by atoms with Crippen LogP contribution in [0.4, 0.5) is 0 Å². The van der Waals surface area contributed by atoms with Crippen LogP contribution in [-0.4, -0.2) is 62.3 Å². The Balaban J connectivity index is 1.88. The number of hydrogen-bond acceptors (Lipinski definition) is 7. The van der Waals surface area contributed by atoms with Gasteiger partial charge in [0.25, 0.3) is 5.91 Å². The number of hydrogen-bond donors (Lipinski definition) is 4. The maximum Gasteiger partial charge on any atom is 0.252 e. The summed E-state index contributed by atoms with van der Waals surface area (Å²) in [5.41, 5.74) is 1.01. The van der Waals surface area contributed by atoms with Crippen LogP contribution in [0.15, 0.2) is 24.3 Å². The standard InChI is InChI=1S/C18H25N7O4/c1-2-3-4-6-15(10-25(29)12-26)18(28)20-11-19-17(27)14-8-5-7-13(9-14)16-21-23-24-22-16/h5,7-9,12,15,29H,2-4,6,10-11H2,1H3,(H,19,27)(H,20,28)(H,21,22,23,24)/t15-/m1/s1. The second-order valence-corrected chi connectivity index (χ2v) is 6.46. The van der Waals surface area contributed by atoms with Gasteiger partial charge in [-0.1, -0.05) is 38.3 Å². The Kier molecular flexibility index (Phi) is 8.70. The molecule has 2 aromatic rings. The summed E-state index contributed by atoms with van der Waals surface area (Å²) in [6, 6.07) is 6.68. The summed E-state index contributed by atoms with van der Waals surface area (Å²) in [6.07, 6.45) is 3.54. The summed E-state index contributed by atoms with van der Waals surface area (Å²) in [7, 11) is 0. The van der Waals surface area contributed by atoms with Crippen LogP contribution in [0, 0.1) is 5.92 Å². The maximum atomic E-state index is 12.4. The summed E-state index contributed by atoms with van der Waals surface area (Å²) in [5, 5.41) is 28.7. The molecule has 0 saturated heterocycles. The number of rotatable bonds is 12. The Hall–Kier alpha value is -3.34. The molecular weight excluding hydrogens is 378 g/mol. The Labute approximate surface area is 167 Å². The van der Waals surface area contributed by atoms with Gasteiger partial charge in [-0.25, -0.2) is 5.06 Å². The molecule has 0 fully saturated rings. The fourth-order valence-corrected chi connectivity index (χ4v) is 2.76. The van der Waals surface area contributed by atoms with Crippen LogP contribution in [-0.2, 0) is 9.59 Å². The number of nitrogens with one attached hydrogen (secondary N) is 3. The average molecular weight is 403 g/mol. The number of aromatic amines is 1. The molecule has 0 aliphatic rings. The minimum atomic E-state index is -0.560. The van der Waals surface area contributed by atoms with Gasteiger partial charge in [-0.2, -0.15) is 5.21 Å². The van der Waals surface area contributed by atoms with Crippen molar-refractivity contribution >= 4 is 18.2 Å². The summed E-state index contributed by atoms with van der Waals surface area (Å²) < 4.78 is 0. The van der Waals surface area contributed by atoms with Crippen molar-refractivity contribution in [3.05, 3.63) is 29.8 Å². The van der Waals surface area contributed by atoms with Crippen molar-refractivity contribution in [1.82, 2.24) is 36.3 Å². The lowest BCUT2D eigenvalue weighted by atomic mass is 10.0. The highest BCUT2D eigenvalue weighted by atomic mass is 16.5. The van der Waals surface area contributed by atoms with Gasteiger partial charge < -0.3 is 10.6 Å². The highest BCUT2D eigenvalue weighted by Gasteiger charge is 2.20. The molecule has 0 aliphatic heterocycles. The second-order valence-electron chi connectivity index (χ2n) is 6.46. The van der Waals surface area contributed by atoms with E-state index in [9.17, 15) is 19.6 Å². The van der Waals surface area contributed by atoms with Gasteiger partial charge in [0.15, 0.2) is 0 Å². The Bertz CT molecular complexity index is 797. The van der Waals surface area contributed by atoms with E-state index in [4.69, 9.17) is 0 Å². The van der Waals surface area contributed by atoms with E-state index in [1.165, 1.54) is 0 Å². The van der Waals surface area contributed by atoms with Crippen molar-refractivity contribution in [2.24, 2.45) is 5.92 Å². The monoisotopic (exact) mass is 403 g/mol. The van der Waals surface area contributed by atoms with E-state index >= 15 is 0 Å². The van der Waals surface area contributed by atoms with Gasteiger partial charge in [-0.05, 0) is 23.8 Å². The van der Waals surface area contributed by atoms with Gasteiger partial charge >= 0.3 is 0 Å². The summed E-state index contributed by atoms with van der Waals surface area (Å²) in [4.78, 5) is 35.3. The van der Waals surface area contributed by atoms with Crippen LogP contribution in [0.3, 0.4) is 0 Å². The first-order valence-electron chi connectivity index (χ1n) is 9.35. The molecule has 1 aromatic carbocycles. The first kappa shape index (κ1) is 22.0. The molecule has 11 heteroatoms. The molecule has 0 unspecified atom stereocenters. The van der Waals surface area contributed by atoms with Crippen LogP contribution in [0.1, 0.15) is 43.0 Å².